The summed E-state index contributed by atoms with van der Waals surface area (Å²) in [7, 11) is -3.49. The van der Waals surface area contributed by atoms with Crippen molar-refractivity contribution >= 4 is 33.0 Å². The third kappa shape index (κ3) is 5.55. The lowest BCUT2D eigenvalue weighted by Crippen LogP contribution is -2.37. The van der Waals surface area contributed by atoms with E-state index in [1.807, 2.05) is 27.7 Å². The zero-order chi connectivity index (χ0) is 16.9. The molecule has 124 valence electrons. The van der Waals surface area contributed by atoms with Crippen molar-refractivity contribution in [2.75, 3.05) is 18.4 Å². The van der Waals surface area contributed by atoms with Gasteiger partial charge >= 0.3 is 0 Å². The van der Waals surface area contributed by atoms with Gasteiger partial charge in [0, 0.05) is 18.8 Å². The first kappa shape index (κ1) is 18.9. The van der Waals surface area contributed by atoms with E-state index in [4.69, 9.17) is 18.0 Å². The summed E-state index contributed by atoms with van der Waals surface area (Å²) in [5.41, 5.74) is 6.07. The summed E-state index contributed by atoms with van der Waals surface area (Å²) in [6, 6.07) is 6.47. The molecule has 0 fully saturated rings. The van der Waals surface area contributed by atoms with E-state index in [1.54, 1.807) is 28.6 Å². The van der Waals surface area contributed by atoms with Gasteiger partial charge in [0.1, 0.15) is 0 Å². The van der Waals surface area contributed by atoms with Crippen molar-refractivity contribution < 1.29 is 8.42 Å². The number of hydrogen-bond acceptors (Lipinski definition) is 3. The highest BCUT2D eigenvalue weighted by Gasteiger charge is 2.25. The number of rotatable bonds is 7. The number of sulfonamides is 1. The van der Waals surface area contributed by atoms with Gasteiger partial charge in [-0.15, -0.1) is 0 Å². The van der Waals surface area contributed by atoms with Gasteiger partial charge in [0.2, 0.25) is 10.0 Å². The van der Waals surface area contributed by atoms with Crippen LogP contribution in [0.3, 0.4) is 0 Å². The minimum atomic E-state index is -3.49. The molecule has 0 radical (unpaired) electrons. The van der Waals surface area contributed by atoms with Crippen LogP contribution in [0.5, 0.6) is 0 Å². The molecule has 0 aliphatic rings. The Bertz CT molecular complexity index is 586. The Morgan fingerprint density at radius 3 is 1.95 bits per heavy atom. The Balaban J connectivity index is 3.05. The summed E-state index contributed by atoms with van der Waals surface area (Å²) in [4.78, 5) is 0.280. The molecule has 0 aromatic heterocycles. The van der Waals surface area contributed by atoms with Gasteiger partial charge in [-0.05, 0) is 48.3 Å². The standard InChI is InChI=1S/C15H25N3O2S2/c1-11(2)9-18(10-12(3)4)22(19,20)14-7-5-13(6-8-14)17-15(16)21/h5-8,11-12H,9-10H2,1-4H3,(H3,16,17,21). The topological polar surface area (TPSA) is 75.4 Å². The van der Waals surface area contributed by atoms with E-state index in [0.717, 1.165) is 0 Å². The summed E-state index contributed by atoms with van der Waals surface area (Å²) >= 11 is 4.76. The molecular formula is C15H25N3O2S2. The Morgan fingerprint density at radius 2 is 1.59 bits per heavy atom. The Labute approximate surface area is 138 Å². The second-order valence-electron chi connectivity index (χ2n) is 6.12. The molecule has 0 unspecified atom stereocenters. The zero-order valence-electron chi connectivity index (χ0n) is 13.5. The molecule has 1 aromatic carbocycles. The highest BCUT2D eigenvalue weighted by atomic mass is 32.2. The molecule has 0 spiro atoms. The molecule has 0 aliphatic carbocycles. The quantitative estimate of drug-likeness (QED) is 0.745. The van der Waals surface area contributed by atoms with Crippen molar-refractivity contribution in [2.24, 2.45) is 17.6 Å². The molecule has 1 rings (SSSR count). The molecule has 0 saturated carbocycles. The van der Waals surface area contributed by atoms with Gasteiger partial charge in [0.25, 0.3) is 0 Å². The molecule has 0 aliphatic heterocycles. The van der Waals surface area contributed by atoms with Crippen LogP contribution in [-0.2, 0) is 10.0 Å². The molecular weight excluding hydrogens is 318 g/mol. The fourth-order valence-electron chi connectivity index (χ4n) is 2.09. The maximum atomic E-state index is 12.8. The van der Waals surface area contributed by atoms with Crippen molar-refractivity contribution in [3.8, 4) is 0 Å². The van der Waals surface area contributed by atoms with Gasteiger partial charge in [-0.25, -0.2) is 8.42 Å². The summed E-state index contributed by atoms with van der Waals surface area (Å²) in [5, 5.41) is 2.93. The van der Waals surface area contributed by atoms with Crippen LogP contribution >= 0.6 is 12.2 Å². The fraction of sp³-hybridized carbons (Fsp3) is 0.533. The fourth-order valence-corrected chi connectivity index (χ4v) is 3.97. The van der Waals surface area contributed by atoms with Crippen LogP contribution in [0.25, 0.3) is 0 Å². The lowest BCUT2D eigenvalue weighted by molar-refractivity contribution is 0.333. The molecule has 3 N–H and O–H groups in total. The average Bonchev–Trinajstić information content (AvgIpc) is 2.36. The van der Waals surface area contributed by atoms with Crippen LogP contribution in [-0.4, -0.2) is 30.9 Å². The number of thiocarbonyl (C=S) groups is 1. The maximum absolute atomic E-state index is 12.8. The summed E-state index contributed by atoms with van der Waals surface area (Å²) in [6.45, 7) is 9.06. The number of nitrogens with zero attached hydrogens (tertiary/aromatic N) is 1. The van der Waals surface area contributed by atoms with Gasteiger partial charge in [-0.3, -0.25) is 0 Å². The first-order valence-corrected chi connectivity index (χ1v) is 9.14. The first-order valence-electron chi connectivity index (χ1n) is 7.29. The van der Waals surface area contributed by atoms with Crippen LogP contribution < -0.4 is 11.1 Å². The highest BCUT2D eigenvalue weighted by molar-refractivity contribution is 7.89. The van der Waals surface area contributed by atoms with Crippen LogP contribution in [0.2, 0.25) is 0 Å². The monoisotopic (exact) mass is 343 g/mol. The molecule has 0 saturated heterocycles. The van der Waals surface area contributed by atoms with Crippen LogP contribution in [0.15, 0.2) is 29.2 Å². The Kier molecular flexibility index (Phi) is 6.77. The largest absolute Gasteiger partial charge is 0.376 e. The molecule has 22 heavy (non-hydrogen) atoms. The van der Waals surface area contributed by atoms with Crippen molar-refractivity contribution in [1.29, 1.82) is 0 Å². The molecule has 7 heteroatoms. The summed E-state index contributed by atoms with van der Waals surface area (Å²) < 4.78 is 27.1. The van der Waals surface area contributed by atoms with E-state index >= 15 is 0 Å². The van der Waals surface area contributed by atoms with E-state index in [2.05, 4.69) is 5.32 Å². The third-order valence-corrected chi connectivity index (χ3v) is 4.85. The molecule has 0 atom stereocenters. The predicted octanol–water partition coefficient (Wildman–Crippen LogP) is 2.64. The second kappa shape index (κ2) is 7.89. The number of benzene rings is 1. The number of anilines is 1. The van der Waals surface area contributed by atoms with Gasteiger partial charge < -0.3 is 11.1 Å². The van der Waals surface area contributed by atoms with Crippen molar-refractivity contribution in [2.45, 2.75) is 32.6 Å². The van der Waals surface area contributed by atoms with E-state index in [9.17, 15) is 8.42 Å². The van der Waals surface area contributed by atoms with Gasteiger partial charge in [-0.2, -0.15) is 4.31 Å². The lowest BCUT2D eigenvalue weighted by Gasteiger charge is -2.25. The molecule has 0 amide bonds. The predicted molar refractivity (Wildman–Crippen MR) is 95.3 cm³/mol. The van der Waals surface area contributed by atoms with E-state index in [0.29, 0.717) is 18.8 Å². The molecule has 5 nitrogen and oxygen atoms in total. The van der Waals surface area contributed by atoms with Crippen molar-refractivity contribution in [1.82, 2.24) is 4.31 Å². The Hall–Kier alpha value is -1.18. The maximum Gasteiger partial charge on any atom is 0.243 e. The summed E-state index contributed by atoms with van der Waals surface area (Å²) in [5.74, 6) is 0.535. The summed E-state index contributed by atoms with van der Waals surface area (Å²) in [6.07, 6.45) is 0. The first-order chi connectivity index (χ1) is 10.1. The minimum absolute atomic E-state index is 0.150. The smallest absolute Gasteiger partial charge is 0.243 e. The normalized spacial score (nSPS) is 12.1. The molecule has 0 heterocycles. The second-order valence-corrected chi connectivity index (χ2v) is 8.50. The van der Waals surface area contributed by atoms with E-state index in [-0.39, 0.29) is 21.8 Å². The van der Waals surface area contributed by atoms with Gasteiger partial charge in [0.05, 0.1) is 4.90 Å². The average molecular weight is 344 g/mol. The van der Waals surface area contributed by atoms with Crippen LogP contribution in [0, 0.1) is 11.8 Å². The van der Waals surface area contributed by atoms with Crippen molar-refractivity contribution in [3.63, 3.8) is 0 Å². The van der Waals surface area contributed by atoms with Crippen LogP contribution in [0.4, 0.5) is 5.69 Å². The Morgan fingerprint density at radius 1 is 1.14 bits per heavy atom. The van der Waals surface area contributed by atoms with Crippen molar-refractivity contribution in [3.05, 3.63) is 24.3 Å². The number of nitrogens with two attached hydrogens (primary N) is 1. The SMILES string of the molecule is CC(C)CN(CC(C)C)S(=O)(=O)c1ccc(NC(N)=S)cc1. The molecule has 0 bridgehead atoms. The lowest BCUT2D eigenvalue weighted by atomic mass is 10.2. The molecule has 1 aromatic rings. The highest BCUT2D eigenvalue weighted by Crippen LogP contribution is 2.20. The van der Waals surface area contributed by atoms with E-state index < -0.39 is 10.0 Å². The number of nitrogens with one attached hydrogen (secondary N) is 1. The number of hydrogen-bond donors (Lipinski definition) is 2. The minimum Gasteiger partial charge on any atom is -0.376 e. The van der Waals surface area contributed by atoms with Gasteiger partial charge in [-0.1, -0.05) is 27.7 Å². The third-order valence-electron chi connectivity index (χ3n) is 2.90. The van der Waals surface area contributed by atoms with Gasteiger partial charge in [0.15, 0.2) is 5.11 Å². The zero-order valence-corrected chi connectivity index (χ0v) is 15.2. The van der Waals surface area contributed by atoms with E-state index in [1.165, 1.54) is 0 Å². The van der Waals surface area contributed by atoms with Crippen LogP contribution in [0.1, 0.15) is 27.7 Å².